The lowest BCUT2D eigenvalue weighted by atomic mass is 9.95. The van der Waals surface area contributed by atoms with E-state index in [2.05, 4.69) is 39.7 Å². The van der Waals surface area contributed by atoms with Gasteiger partial charge >= 0.3 is 0 Å². The van der Waals surface area contributed by atoms with Crippen LogP contribution in [-0.4, -0.2) is 21.0 Å². The molecule has 1 aliphatic heterocycles. The third kappa shape index (κ3) is 3.80. The lowest BCUT2D eigenvalue weighted by molar-refractivity contribution is 0.0609. The lowest BCUT2D eigenvalue weighted by Gasteiger charge is -2.51. The Morgan fingerprint density at radius 3 is 2.41 bits per heavy atom. The molecule has 0 aromatic heterocycles. The normalized spacial score (nSPS) is 31.1. The molecular weight excluding hydrogens is 240 g/mol. The van der Waals surface area contributed by atoms with Gasteiger partial charge in [-0.2, -0.15) is 0 Å². The van der Waals surface area contributed by atoms with Crippen LogP contribution in [0.15, 0.2) is 12.7 Å². The van der Waals surface area contributed by atoms with Crippen LogP contribution in [0.5, 0.6) is 0 Å². The van der Waals surface area contributed by atoms with Gasteiger partial charge in [0, 0.05) is 0 Å². The maximum Gasteiger partial charge on any atom is 0.174 e. The molecule has 1 nitrogen and oxygen atoms in total. The van der Waals surface area contributed by atoms with E-state index in [1.165, 1.54) is 31.7 Å². The molecule has 0 N–H and O–H groups in total. The highest BCUT2D eigenvalue weighted by Gasteiger charge is 2.50. The van der Waals surface area contributed by atoms with E-state index in [-0.39, 0.29) is 5.60 Å². The van der Waals surface area contributed by atoms with Crippen molar-refractivity contribution in [2.24, 2.45) is 0 Å². The van der Waals surface area contributed by atoms with Crippen molar-refractivity contribution in [2.45, 2.75) is 76.9 Å². The van der Waals surface area contributed by atoms with Gasteiger partial charge in [0.2, 0.25) is 0 Å². The standard InChI is InChI=1S/C14H30OSi2/c1-7-8-9-10-11-14(2)12-13-16(3,4)17(5,6)15-14/h7H,1,8-13H2,2-6H3. The molecule has 1 unspecified atom stereocenters. The summed E-state index contributed by atoms with van der Waals surface area (Å²) < 4.78 is 6.63. The molecule has 1 heterocycles. The zero-order valence-electron chi connectivity index (χ0n) is 12.4. The Balaban J connectivity index is 2.53. The minimum Gasteiger partial charge on any atom is -0.415 e. The molecule has 0 aromatic rings. The first-order chi connectivity index (χ1) is 7.72. The molecule has 1 aliphatic rings. The second-order valence-electron chi connectivity index (χ2n) is 6.98. The molecule has 0 radical (unpaired) electrons. The lowest BCUT2D eigenvalue weighted by Crippen LogP contribution is -2.64. The Labute approximate surface area is 110 Å². The van der Waals surface area contributed by atoms with Crippen molar-refractivity contribution >= 4 is 15.4 Å². The van der Waals surface area contributed by atoms with Crippen LogP contribution in [0.4, 0.5) is 0 Å². The summed E-state index contributed by atoms with van der Waals surface area (Å²) in [6.07, 6.45) is 8.26. The Hall–Kier alpha value is 0.134. The highest BCUT2D eigenvalue weighted by Crippen LogP contribution is 2.41. The summed E-state index contributed by atoms with van der Waals surface area (Å²) in [5.74, 6) is 0. The third-order valence-corrected chi connectivity index (χ3v) is 21.4. The van der Waals surface area contributed by atoms with Gasteiger partial charge in [0.05, 0.1) is 13.2 Å². The highest BCUT2D eigenvalue weighted by atomic mass is 29.3. The van der Waals surface area contributed by atoms with Crippen molar-refractivity contribution in [1.29, 1.82) is 0 Å². The number of rotatable bonds is 5. The van der Waals surface area contributed by atoms with Crippen molar-refractivity contribution in [3.05, 3.63) is 12.7 Å². The van der Waals surface area contributed by atoms with Crippen LogP contribution in [0.25, 0.3) is 0 Å². The second-order valence-corrected chi connectivity index (χ2v) is 22.1. The van der Waals surface area contributed by atoms with E-state index in [1.807, 2.05) is 6.08 Å². The summed E-state index contributed by atoms with van der Waals surface area (Å²) >= 11 is 0. The van der Waals surface area contributed by atoms with E-state index in [4.69, 9.17) is 4.43 Å². The summed E-state index contributed by atoms with van der Waals surface area (Å²) in [5, 5.41) is 0. The molecule has 0 amide bonds. The molecule has 3 heteroatoms. The Bertz CT molecular complexity index is 273. The van der Waals surface area contributed by atoms with Crippen LogP contribution in [0.3, 0.4) is 0 Å². The van der Waals surface area contributed by atoms with E-state index in [0.717, 1.165) is 6.42 Å². The van der Waals surface area contributed by atoms with E-state index in [0.29, 0.717) is 0 Å². The van der Waals surface area contributed by atoms with Gasteiger partial charge < -0.3 is 4.43 Å². The van der Waals surface area contributed by atoms with Crippen LogP contribution >= 0.6 is 0 Å². The zero-order chi connectivity index (χ0) is 13.2. The van der Waals surface area contributed by atoms with Crippen LogP contribution < -0.4 is 0 Å². The summed E-state index contributed by atoms with van der Waals surface area (Å²) in [6, 6.07) is 1.46. The fraction of sp³-hybridized carbons (Fsp3) is 0.857. The Morgan fingerprint density at radius 1 is 1.24 bits per heavy atom. The minimum absolute atomic E-state index is 0.180. The molecule has 1 rings (SSSR count). The molecule has 0 aliphatic carbocycles. The predicted octanol–water partition coefficient (Wildman–Crippen LogP) is 4.90. The van der Waals surface area contributed by atoms with Gasteiger partial charge in [-0.25, -0.2) is 0 Å². The zero-order valence-corrected chi connectivity index (χ0v) is 14.4. The SMILES string of the molecule is C=CCCCCC1(C)CC[Si](C)(C)[Si](C)(C)O1. The minimum atomic E-state index is -1.40. The summed E-state index contributed by atoms with van der Waals surface area (Å²) in [7, 11) is -2.46. The molecule has 100 valence electrons. The molecule has 0 saturated carbocycles. The largest absolute Gasteiger partial charge is 0.415 e. The van der Waals surface area contributed by atoms with Gasteiger partial charge in [0.25, 0.3) is 0 Å². The molecule has 0 aromatic carbocycles. The quantitative estimate of drug-likeness (QED) is 0.392. The molecule has 1 atom stereocenters. The summed E-state index contributed by atoms with van der Waals surface area (Å²) in [4.78, 5) is 0. The predicted molar refractivity (Wildman–Crippen MR) is 82.5 cm³/mol. The summed E-state index contributed by atoms with van der Waals surface area (Å²) in [5.41, 5.74) is 0.180. The van der Waals surface area contributed by atoms with Gasteiger partial charge in [0.1, 0.15) is 0 Å². The van der Waals surface area contributed by atoms with E-state index in [1.54, 1.807) is 0 Å². The number of allylic oxidation sites excluding steroid dienone is 1. The van der Waals surface area contributed by atoms with Gasteiger partial charge in [-0.3, -0.25) is 0 Å². The first-order valence-electron chi connectivity index (χ1n) is 7.04. The van der Waals surface area contributed by atoms with Crippen molar-refractivity contribution in [2.75, 3.05) is 0 Å². The molecule has 1 saturated heterocycles. The van der Waals surface area contributed by atoms with Crippen LogP contribution in [0, 0.1) is 0 Å². The first kappa shape index (κ1) is 15.2. The van der Waals surface area contributed by atoms with Gasteiger partial charge in [-0.1, -0.05) is 31.6 Å². The fourth-order valence-corrected chi connectivity index (χ4v) is 9.86. The van der Waals surface area contributed by atoms with Crippen molar-refractivity contribution in [3.8, 4) is 0 Å². The fourth-order valence-electron chi connectivity index (χ4n) is 2.65. The molecule has 0 spiro atoms. The monoisotopic (exact) mass is 270 g/mol. The average molecular weight is 271 g/mol. The average Bonchev–Trinajstić information content (AvgIpc) is 2.20. The maximum atomic E-state index is 6.63. The topological polar surface area (TPSA) is 9.23 Å². The van der Waals surface area contributed by atoms with Crippen LogP contribution in [0.2, 0.25) is 32.2 Å². The Kier molecular flexibility index (Phi) is 4.83. The van der Waals surface area contributed by atoms with E-state index in [9.17, 15) is 0 Å². The third-order valence-electron chi connectivity index (χ3n) is 4.77. The van der Waals surface area contributed by atoms with Gasteiger partial charge in [-0.15, -0.1) is 6.58 Å². The second kappa shape index (κ2) is 5.41. The number of hydrogen-bond donors (Lipinski definition) is 0. The number of unbranched alkanes of at least 4 members (excludes halogenated alkanes) is 2. The van der Waals surface area contributed by atoms with Crippen molar-refractivity contribution < 1.29 is 4.43 Å². The highest BCUT2D eigenvalue weighted by molar-refractivity contribution is 7.38. The molecular formula is C14H30OSi2. The van der Waals surface area contributed by atoms with Crippen LogP contribution in [0.1, 0.15) is 39.0 Å². The van der Waals surface area contributed by atoms with E-state index >= 15 is 0 Å². The summed E-state index contributed by atoms with van der Waals surface area (Å²) in [6.45, 7) is 16.1. The van der Waals surface area contributed by atoms with Crippen molar-refractivity contribution in [3.63, 3.8) is 0 Å². The molecule has 0 bridgehead atoms. The Morgan fingerprint density at radius 2 is 1.88 bits per heavy atom. The number of hydrogen-bond acceptors (Lipinski definition) is 1. The van der Waals surface area contributed by atoms with Gasteiger partial charge in [-0.05, 0) is 45.7 Å². The molecule has 1 fully saturated rings. The smallest absolute Gasteiger partial charge is 0.174 e. The van der Waals surface area contributed by atoms with Gasteiger partial charge in [0.15, 0.2) is 7.83 Å². The van der Waals surface area contributed by atoms with Crippen molar-refractivity contribution in [1.82, 2.24) is 0 Å². The first-order valence-corrected chi connectivity index (χ1v) is 14.2. The molecule has 17 heavy (non-hydrogen) atoms. The van der Waals surface area contributed by atoms with Crippen LogP contribution in [-0.2, 0) is 4.43 Å². The van der Waals surface area contributed by atoms with E-state index < -0.39 is 15.4 Å². The maximum absolute atomic E-state index is 6.63.